The number of hydrogen-bond donors (Lipinski definition) is 2. The molecule has 0 amide bonds. The summed E-state index contributed by atoms with van der Waals surface area (Å²) in [6.45, 7) is 4.23. The molecule has 0 aromatic rings. The van der Waals surface area contributed by atoms with Crippen LogP contribution in [0, 0.1) is 0 Å². The zero-order valence-corrected chi connectivity index (χ0v) is 10.1. The maximum absolute atomic E-state index is 8.82. The Hall–Kier alpha value is 0.230. The van der Waals surface area contributed by atoms with Crippen molar-refractivity contribution in [2.75, 3.05) is 46.9 Å². The Kier molecular flexibility index (Phi) is 4.70. The number of nitrogens with zero attached hydrogens (tertiary/aromatic N) is 2. The van der Waals surface area contributed by atoms with Crippen LogP contribution in [0.5, 0.6) is 0 Å². The summed E-state index contributed by atoms with van der Waals surface area (Å²) in [6.07, 6.45) is 2.28. The molecule has 0 spiro atoms. The number of rotatable bonds is 4. The zero-order chi connectivity index (χ0) is 10.6. The highest BCUT2D eigenvalue weighted by Crippen LogP contribution is 2.28. The van der Waals surface area contributed by atoms with Crippen LogP contribution in [0.3, 0.4) is 0 Å². The van der Waals surface area contributed by atoms with E-state index in [1.54, 1.807) is 0 Å². The molecule has 0 atom stereocenters. The maximum Gasteiger partial charge on any atom is 0.0558 e. The highest BCUT2D eigenvalue weighted by atomic mass is 32.1. The lowest BCUT2D eigenvalue weighted by atomic mass is 9.95. The van der Waals surface area contributed by atoms with Gasteiger partial charge in [0.15, 0.2) is 0 Å². The zero-order valence-electron chi connectivity index (χ0n) is 9.24. The van der Waals surface area contributed by atoms with Crippen LogP contribution in [0.4, 0.5) is 0 Å². The van der Waals surface area contributed by atoms with Crippen molar-refractivity contribution in [3.8, 4) is 0 Å². The first-order chi connectivity index (χ1) is 6.56. The summed E-state index contributed by atoms with van der Waals surface area (Å²) in [5, 5.41) is 8.82. The van der Waals surface area contributed by atoms with Gasteiger partial charge in [0.1, 0.15) is 0 Å². The standard InChI is InChI=1S/C10H22N2OS/c1-11-5-3-10(14,4-6-11)9-12(2)7-8-13/h13-14H,3-9H2,1-2H3. The number of piperidine rings is 1. The maximum atomic E-state index is 8.82. The van der Waals surface area contributed by atoms with E-state index in [4.69, 9.17) is 17.7 Å². The third-order valence-corrected chi connectivity index (χ3v) is 3.55. The number of hydrogen-bond acceptors (Lipinski definition) is 4. The van der Waals surface area contributed by atoms with Crippen molar-refractivity contribution >= 4 is 12.6 Å². The molecule has 3 nitrogen and oxygen atoms in total. The normalized spacial score (nSPS) is 22.9. The van der Waals surface area contributed by atoms with Crippen LogP contribution in [0.15, 0.2) is 0 Å². The minimum atomic E-state index is 0.149. The molecule has 0 bridgehead atoms. The second-order valence-electron chi connectivity index (χ2n) is 4.49. The second-order valence-corrected chi connectivity index (χ2v) is 5.44. The predicted molar refractivity (Wildman–Crippen MR) is 63.0 cm³/mol. The van der Waals surface area contributed by atoms with Gasteiger partial charge < -0.3 is 14.9 Å². The minimum absolute atomic E-state index is 0.149. The van der Waals surface area contributed by atoms with Gasteiger partial charge in [0, 0.05) is 17.8 Å². The van der Waals surface area contributed by atoms with Crippen molar-refractivity contribution < 1.29 is 5.11 Å². The van der Waals surface area contributed by atoms with E-state index in [0.717, 1.165) is 39.0 Å². The minimum Gasteiger partial charge on any atom is -0.395 e. The molecule has 84 valence electrons. The van der Waals surface area contributed by atoms with E-state index in [1.165, 1.54) is 0 Å². The van der Waals surface area contributed by atoms with Gasteiger partial charge in [0.25, 0.3) is 0 Å². The van der Waals surface area contributed by atoms with Gasteiger partial charge in [0.2, 0.25) is 0 Å². The second kappa shape index (κ2) is 5.35. The third-order valence-electron chi connectivity index (χ3n) is 2.96. The number of likely N-dealkylation sites (N-methyl/N-ethyl adjacent to an activating group) is 1. The number of thiol groups is 1. The third kappa shape index (κ3) is 3.77. The summed E-state index contributed by atoms with van der Waals surface area (Å²) >= 11 is 4.77. The molecule has 1 fully saturated rings. The van der Waals surface area contributed by atoms with Crippen LogP contribution in [0.2, 0.25) is 0 Å². The van der Waals surface area contributed by atoms with Gasteiger partial charge >= 0.3 is 0 Å². The van der Waals surface area contributed by atoms with Gasteiger partial charge in [-0.3, -0.25) is 0 Å². The van der Waals surface area contributed by atoms with Crippen molar-refractivity contribution in [1.29, 1.82) is 0 Å². The molecule has 1 aliphatic heterocycles. The van der Waals surface area contributed by atoms with E-state index in [9.17, 15) is 0 Å². The molecule has 1 N–H and O–H groups in total. The Labute approximate surface area is 92.5 Å². The van der Waals surface area contributed by atoms with Crippen molar-refractivity contribution in [1.82, 2.24) is 9.80 Å². The molecule has 4 heteroatoms. The van der Waals surface area contributed by atoms with Gasteiger partial charge in [-0.25, -0.2) is 0 Å². The van der Waals surface area contributed by atoms with Gasteiger partial charge in [-0.1, -0.05) is 0 Å². The Balaban J connectivity index is 2.34. The summed E-state index contributed by atoms with van der Waals surface area (Å²) in [4.78, 5) is 4.51. The van der Waals surface area contributed by atoms with Crippen molar-refractivity contribution in [2.24, 2.45) is 0 Å². The van der Waals surface area contributed by atoms with Crippen LogP contribution in [0.1, 0.15) is 12.8 Å². The Morgan fingerprint density at radius 3 is 2.50 bits per heavy atom. The quantitative estimate of drug-likeness (QED) is 0.665. The van der Waals surface area contributed by atoms with E-state index in [1.807, 2.05) is 7.05 Å². The fourth-order valence-corrected chi connectivity index (χ4v) is 2.39. The molecular weight excluding hydrogens is 196 g/mol. The lowest BCUT2D eigenvalue weighted by Gasteiger charge is -2.39. The van der Waals surface area contributed by atoms with Crippen molar-refractivity contribution in [3.05, 3.63) is 0 Å². The molecule has 0 unspecified atom stereocenters. The number of aliphatic hydroxyl groups is 1. The summed E-state index contributed by atoms with van der Waals surface area (Å²) in [5.74, 6) is 0. The van der Waals surface area contributed by atoms with Crippen LogP contribution < -0.4 is 0 Å². The van der Waals surface area contributed by atoms with Crippen LogP contribution in [-0.2, 0) is 0 Å². The Bertz CT molecular complexity index is 170. The molecule has 0 aromatic carbocycles. The van der Waals surface area contributed by atoms with E-state index in [-0.39, 0.29) is 11.4 Å². The van der Waals surface area contributed by atoms with Crippen LogP contribution in [-0.4, -0.2) is 66.5 Å². The Morgan fingerprint density at radius 1 is 1.43 bits per heavy atom. The summed E-state index contributed by atoms with van der Waals surface area (Å²) < 4.78 is 0.149. The molecule has 0 saturated carbocycles. The van der Waals surface area contributed by atoms with Crippen molar-refractivity contribution in [2.45, 2.75) is 17.6 Å². The fraction of sp³-hybridized carbons (Fsp3) is 1.00. The summed E-state index contributed by atoms with van der Waals surface area (Å²) in [6, 6.07) is 0. The summed E-state index contributed by atoms with van der Waals surface area (Å²) in [7, 11) is 4.21. The van der Waals surface area contributed by atoms with Gasteiger partial charge in [-0.2, -0.15) is 12.6 Å². The topological polar surface area (TPSA) is 26.7 Å². The average Bonchev–Trinajstić information content (AvgIpc) is 2.11. The van der Waals surface area contributed by atoms with E-state index in [2.05, 4.69) is 16.8 Å². The average molecular weight is 218 g/mol. The number of aliphatic hydroxyl groups excluding tert-OH is 1. The monoisotopic (exact) mass is 218 g/mol. The molecule has 1 rings (SSSR count). The van der Waals surface area contributed by atoms with E-state index < -0.39 is 0 Å². The largest absolute Gasteiger partial charge is 0.395 e. The molecule has 1 aliphatic rings. The molecule has 1 saturated heterocycles. The van der Waals surface area contributed by atoms with E-state index >= 15 is 0 Å². The first-order valence-corrected chi connectivity index (χ1v) is 5.71. The molecule has 1 heterocycles. The first kappa shape index (κ1) is 12.3. The SMILES string of the molecule is CN1CCC(S)(CN(C)CCO)CC1. The molecule has 0 radical (unpaired) electrons. The first-order valence-electron chi connectivity index (χ1n) is 5.26. The fourth-order valence-electron chi connectivity index (χ4n) is 1.95. The van der Waals surface area contributed by atoms with E-state index in [0.29, 0.717) is 0 Å². The predicted octanol–water partition coefficient (Wildman–Crippen LogP) is 0.305. The highest BCUT2D eigenvalue weighted by Gasteiger charge is 2.30. The smallest absolute Gasteiger partial charge is 0.0558 e. The molecule has 0 aromatic heterocycles. The Morgan fingerprint density at radius 2 is 2.00 bits per heavy atom. The lowest BCUT2D eigenvalue weighted by molar-refractivity contribution is 0.174. The van der Waals surface area contributed by atoms with Crippen molar-refractivity contribution in [3.63, 3.8) is 0 Å². The van der Waals surface area contributed by atoms with Crippen LogP contribution >= 0.6 is 12.6 Å². The molecular formula is C10H22N2OS. The van der Waals surface area contributed by atoms with Gasteiger partial charge in [-0.05, 0) is 40.0 Å². The lowest BCUT2D eigenvalue weighted by Crippen LogP contribution is -2.46. The summed E-state index contributed by atoms with van der Waals surface area (Å²) in [5.41, 5.74) is 0. The highest BCUT2D eigenvalue weighted by molar-refractivity contribution is 7.81. The number of likely N-dealkylation sites (tertiary alicyclic amines) is 1. The molecule has 0 aliphatic carbocycles. The van der Waals surface area contributed by atoms with Crippen LogP contribution in [0.25, 0.3) is 0 Å². The van der Waals surface area contributed by atoms with Gasteiger partial charge in [0.05, 0.1) is 6.61 Å². The van der Waals surface area contributed by atoms with Gasteiger partial charge in [-0.15, -0.1) is 0 Å². The molecule has 14 heavy (non-hydrogen) atoms.